The average Bonchev–Trinajstić information content (AvgIpc) is 3.28. The van der Waals surface area contributed by atoms with E-state index >= 15 is 0 Å². The number of carbonyl (C=O) groups is 1. The maximum Gasteiger partial charge on any atom is 0.273 e. The molecule has 0 aliphatic rings. The van der Waals surface area contributed by atoms with Gasteiger partial charge in [-0.3, -0.25) is 9.10 Å². The molecule has 0 saturated heterocycles. The minimum atomic E-state index is -3.58. The Balaban J connectivity index is 1.54. The van der Waals surface area contributed by atoms with Gasteiger partial charge in [0, 0.05) is 29.8 Å². The molecule has 3 aromatic rings. The molecule has 5 nitrogen and oxygen atoms in total. The number of nitrogens with zero attached hydrogens (tertiary/aromatic N) is 1. The number of hydrogen-bond donors (Lipinski definition) is 1. The maximum atomic E-state index is 12.6. The molecule has 29 heavy (non-hydrogen) atoms. The molecule has 1 aromatic heterocycles. The van der Waals surface area contributed by atoms with Gasteiger partial charge in [0.2, 0.25) is 0 Å². The van der Waals surface area contributed by atoms with Crippen LogP contribution in [0.15, 0.2) is 75.1 Å². The number of aryl methyl sites for hydroxylation is 1. The third-order valence-electron chi connectivity index (χ3n) is 4.28. The fourth-order valence-corrected chi connectivity index (χ4v) is 5.70. The van der Waals surface area contributed by atoms with Crippen LogP contribution in [0.5, 0.6) is 0 Å². The van der Waals surface area contributed by atoms with Crippen LogP contribution in [0.1, 0.15) is 15.9 Å². The number of thioether (sulfide) groups is 1. The van der Waals surface area contributed by atoms with Gasteiger partial charge in [0.1, 0.15) is 4.21 Å². The highest BCUT2D eigenvalue weighted by Gasteiger charge is 2.22. The van der Waals surface area contributed by atoms with Crippen LogP contribution >= 0.6 is 23.1 Å². The zero-order valence-corrected chi connectivity index (χ0v) is 18.6. The first kappa shape index (κ1) is 21.4. The molecule has 152 valence electrons. The van der Waals surface area contributed by atoms with E-state index in [1.54, 1.807) is 53.5 Å². The number of rotatable bonds is 8. The average molecular weight is 447 g/mol. The van der Waals surface area contributed by atoms with E-state index in [-0.39, 0.29) is 10.1 Å². The van der Waals surface area contributed by atoms with Crippen molar-refractivity contribution in [3.8, 4) is 0 Å². The smallest absolute Gasteiger partial charge is 0.273 e. The Kier molecular flexibility index (Phi) is 7.00. The van der Waals surface area contributed by atoms with Gasteiger partial charge in [-0.05, 0) is 54.8 Å². The molecule has 1 heterocycles. The van der Waals surface area contributed by atoms with Gasteiger partial charge >= 0.3 is 0 Å². The molecular weight excluding hydrogens is 424 g/mol. The molecule has 0 spiro atoms. The van der Waals surface area contributed by atoms with Crippen LogP contribution in [-0.2, 0) is 10.0 Å². The van der Waals surface area contributed by atoms with Crippen LogP contribution in [0.2, 0.25) is 0 Å². The largest absolute Gasteiger partial charge is 0.351 e. The van der Waals surface area contributed by atoms with Gasteiger partial charge in [0.05, 0.1) is 5.69 Å². The second-order valence-corrected chi connectivity index (χ2v) is 10.7. The van der Waals surface area contributed by atoms with E-state index in [4.69, 9.17) is 0 Å². The summed E-state index contributed by atoms with van der Waals surface area (Å²) >= 11 is 2.86. The van der Waals surface area contributed by atoms with Crippen LogP contribution in [0.3, 0.4) is 0 Å². The fraction of sp³-hybridized carbons (Fsp3) is 0.190. The molecule has 2 aromatic carbocycles. The first-order valence-electron chi connectivity index (χ1n) is 8.98. The van der Waals surface area contributed by atoms with E-state index in [0.717, 1.165) is 5.75 Å². The Labute approximate surface area is 179 Å². The third-order valence-corrected chi connectivity index (χ3v) is 8.45. The summed E-state index contributed by atoms with van der Waals surface area (Å²) in [4.78, 5) is 13.5. The molecule has 0 aliphatic heterocycles. The van der Waals surface area contributed by atoms with Crippen LogP contribution in [-0.4, -0.2) is 33.7 Å². The molecule has 1 N–H and O–H groups in total. The molecule has 8 heteroatoms. The molecule has 0 atom stereocenters. The van der Waals surface area contributed by atoms with Crippen molar-refractivity contribution in [2.24, 2.45) is 0 Å². The van der Waals surface area contributed by atoms with Crippen LogP contribution in [0.25, 0.3) is 0 Å². The number of sulfonamides is 1. The van der Waals surface area contributed by atoms with Crippen molar-refractivity contribution in [2.45, 2.75) is 16.0 Å². The molecular formula is C21H22N2O3S3. The van der Waals surface area contributed by atoms with Gasteiger partial charge in [0.25, 0.3) is 15.9 Å². The highest BCUT2D eigenvalue weighted by Crippen LogP contribution is 2.25. The summed E-state index contributed by atoms with van der Waals surface area (Å²) < 4.78 is 26.7. The Morgan fingerprint density at radius 2 is 1.76 bits per heavy atom. The monoisotopic (exact) mass is 446 g/mol. The van der Waals surface area contributed by atoms with E-state index in [0.29, 0.717) is 17.8 Å². The molecule has 1 amide bonds. The highest BCUT2D eigenvalue weighted by molar-refractivity contribution is 7.99. The lowest BCUT2D eigenvalue weighted by atomic mass is 10.2. The number of thiophene rings is 1. The van der Waals surface area contributed by atoms with Crippen molar-refractivity contribution >= 4 is 44.7 Å². The molecule has 0 bridgehead atoms. The van der Waals surface area contributed by atoms with Gasteiger partial charge in [-0.25, -0.2) is 8.42 Å². The van der Waals surface area contributed by atoms with Gasteiger partial charge in [-0.1, -0.05) is 23.8 Å². The van der Waals surface area contributed by atoms with E-state index in [2.05, 4.69) is 36.5 Å². The lowest BCUT2D eigenvalue weighted by Gasteiger charge is -2.18. The lowest BCUT2D eigenvalue weighted by Crippen LogP contribution is -2.27. The molecule has 0 fully saturated rings. The number of amides is 1. The maximum absolute atomic E-state index is 12.6. The summed E-state index contributed by atoms with van der Waals surface area (Å²) in [5.74, 6) is 0.596. The topological polar surface area (TPSA) is 66.5 Å². The van der Waals surface area contributed by atoms with E-state index < -0.39 is 10.0 Å². The second-order valence-electron chi connectivity index (χ2n) is 6.37. The number of benzene rings is 2. The minimum absolute atomic E-state index is 0.176. The number of hydrogen-bond acceptors (Lipinski definition) is 5. The quantitative estimate of drug-likeness (QED) is 0.411. The molecule has 0 radical (unpaired) electrons. The van der Waals surface area contributed by atoms with Gasteiger partial charge < -0.3 is 5.32 Å². The minimum Gasteiger partial charge on any atom is -0.351 e. The van der Waals surface area contributed by atoms with Gasteiger partial charge in [0.15, 0.2) is 0 Å². The molecule has 3 rings (SSSR count). The molecule has 0 aliphatic carbocycles. The Bertz CT molecular complexity index is 1050. The Morgan fingerprint density at radius 3 is 2.38 bits per heavy atom. The van der Waals surface area contributed by atoms with Crippen molar-refractivity contribution in [1.29, 1.82) is 0 Å². The zero-order chi connectivity index (χ0) is 20.9. The SMILES string of the molecule is Cc1ccc(SCCNC(=O)c2ccc(N(C)S(=O)(=O)c3cccs3)cc2)cc1. The van der Waals surface area contributed by atoms with Crippen LogP contribution in [0, 0.1) is 6.92 Å². The number of nitrogens with one attached hydrogen (secondary N) is 1. The summed E-state index contributed by atoms with van der Waals surface area (Å²) in [6.07, 6.45) is 0. The predicted molar refractivity (Wildman–Crippen MR) is 121 cm³/mol. The van der Waals surface area contributed by atoms with Crippen molar-refractivity contribution in [1.82, 2.24) is 5.32 Å². The van der Waals surface area contributed by atoms with Crippen LogP contribution < -0.4 is 9.62 Å². The first-order valence-corrected chi connectivity index (χ1v) is 12.3. The summed E-state index contributed by atoms with van der Waals surface area (Å²) in [7, 11) is -2.07. The van der Waals surface area contributed by atoms with Gasteiger partial charge in [-0.2, -0.15) is 0 Å². The molecule has 0 unspecified atom stereocenters. The summed E-state index contributed by atoms with van der Waals surface area (Å²) in [5.41, 5.74) is 2.22. The Morgan fingerprint density at radius 1 is 1.07 bits per heavy atom. The first-order chi connectivity index (χ1) is 13.9. The van der Waals surface area contributed by atoms with Crippen molar-refractivity contribution in [3.63, 3.8) is 0 Å². The van der Waals surface area contributed by atoms with Gasteiger partial charge in [-0.15, -0.1) is 23.1 Å². The van der Waals surface area contributed by atoms with E-state index in [1.165, 1.54) is 33.1 Å². The summed E-state index contributed by atoms with van der Waals surface area (Å²) in [6.45, 7) is 2.60. The summed E-state index contributed by atoms with van der Waals surface area (Å²) in [5, 5.41) is 4.62. The number of carbonyl (C=O) groups excluding carboxylic acids is 1. The second kappa shape index (κ2) is 9.47. The van der Waals surface area contributed by atoms with Crippen LogP contribution in [0.4, 0.5) is 5.69 Å². The van der Waals surface area contributed by atoms with Crippen molar-refractivity contribution in [2.75, 3.05) is 23.7 Å². The standard InChI is InChI=1S/C21H22N2O3S3/c1-16-5-11-19(12-6-16)27-15-13-22-21(24)17-7-9-18(10-8-17)23(2)29(25,26)20-4-3-14-28-20/h3-12,14H,13,15H2,1-2H3,(H,22,24). The van der Waals surface area contributed by atoms with E-state index in [9.17, 15) is 13.2 Å². The highest BCUT2D eigenvalue weighted by atomic mass is 32.2. The lowest BCUT2D eigenvalue weighted by molar-refractivity contribution is 0.0956. The fourth-order valence-electron chi connectivity index (χ4n) is 2.58. The zero-order valence-electron chi connectivity index (χ0n) is 16.2. The third kappa shape index (κ3) is 5.41. The molecule has 0 saturated carbocycles. The number of anilines is 1. The predicted octanol–water partition coefficient (Wildman–Crippen LogP) is 4.40. The van der Waals surface area contributed by atoms with Crippen molar-refractivity contribution in [3.05, 3.63) is 77.2 Å². The Hall–Kier alpha value is -2.29. The normalized spacial score (nSPS) is 11.2. The van der Waals surface area contributed by atoms with Crippen molar-refractivity contribution < 1.29 is 13.2 Å². The summed E-state index contributed by atoms with van der Waals surface area (Å²) in [6, 6.07) is 18.1. The van der Waals surface area contributed by atoms with E-state index in [1.807, 2.05) is 0 Å².